The third kappa shape index (κ3) is 3.92. The van der Waals surface area contributed by atoms with Gasteiger partial charge in [0.15, 0.2) is 11.6 Å². The Bertz CT molecular complexity index is 1180. The van der Waals surface area contributed by atoms with Crippen molar-refractivity contribution < 1.29 is 14.3 Å². The summed E-state index contributed by atoms with van der Waals surface area (Å²) in [5.41, 5.74) is 1.34. The van der Waals surface area contributed by atoms with E-state index in [9.17, 15) is 19.6 Å². The first-order valence-corrected chi connectivity index (χ1v) is 10.3. The fourth-order valence-electron chi connectivity index (χ4n) is 3.79. The molecule has 1 N–H and O–H groups in total. The molecular formula is C23H23FN6O2. The monoisotopic (exact) mass is 434 g/mol. The second-order valence-electron chi connectivity index (χ2n) is 7.87. The molecule has 4 rings (SSSR count). The highest BCUT2D eigenvalue weighted by molar-refractivity contribution is 5.94. The standard InChI is InChI=1S/C23H23FN6O2/c1-15-13-29(9-8-28(15)2)23(32)17-6-7-21(26-12-17)30-14-20(31)22(27-30)18-5-3-4-16(11-25)19(18)10-24/h3-7,12,14-15,31H,8-10,13H2,1-2H3/t15-/m0/s1. The van der Waals surface area contributed by atoms with Gasteiger partial charge < -0.3 is 14.9 Å². The van der Waals surface area contributed by atoms with Crippen molar-refractivity contribution in [3.8, 4) is 28.9 Å². The number of hydrogen-bond donors (Lipinski definition) is 1. The molecule has 0 spiro atoms. The molecule has 0 saturated carbocycles. The lowest BCUT2D eigenvalue weighted by molar-refractivity contribution is 0.0572. The topological polar surface area (TPSA) is 98.3 Å². The molecule has 0 aliphatic carbocycles. The van der Waals surface area contributed by atoms with Crippen LogP contribution in [0.5, 0.6) is 5.75 Å². The first-order chi connectivity index (χ1) is 15.4. The number of halogens is 1. The van der Waals surface area contributed by atoms with Gasteiger partial charge >= 0.3 is 0 Å². The summed E-state index contributed by atoms with van der Waals surface area (Å²) in [5.74, 6) is 0.158. The van der Waals surface area contributed by atoms with Crippen LogP contribution in [0.1, 0.15) is 28.4 Å². The summed E-state index contributed by atoms with van der Waals surface area (Å²) in [5, 5.41) is 24.0. The number of nitriles is 1. The normalized spacial score (nSPS) is 16.7. The van der Waals surface area contributed by atoms with Crippen LogP contribution in [-0.4, -0.2) is 68.3 Å². The Hall–Kier alpha value is -3.77. The third-order valence-electron chi connectivity index (χ3n) is 5.86. The molecule has 1 atom stereocenters. The second kappa shape index (κ2) is 8.77. The van der Waals surface area contributed by atoms with E-state index in [4.69, 9.17) is 0 Å². The molecule has 0 unspecified atom stereocenters. The van der Waals surface area contributed by atoms with Crippen LogP contribution in [0, 0.1) is 11.3 Å². The minimum Gasteiger partial charge on any atom is -0.504 e. The predicted molar refractivity (Wildman–Crippen MR) is 116 cm³/mol. The van der Waals surface area contributed by atoms with Crippen molar-refractivity contribution >= 4 is 5.91 Å². The molecule has 1 amide bonds. The number of amides is 1. The van der Waals surface area contributed by atoms with Gasteiger partial charge in [-0.2, -0.15) is 10.4 Å². The van der Waals surface area contributed by atoms with Gasteiger partial charge in [0.2, 0.25) is 0 Å². The molecule has 164 valence electrons. The molecule has 3 heterocycles. The van der Waals surface area contributed by atoms with Crippen LogP contribution in [0.2, 0.25) is 0 Å². The van der Waals surface area contributed by atoms with Gasteiger partial charge in [0.1, 0.15) is 12.4 Å². The second-order valence-corrected chi connectivity index (χ2v) is 7.87. The number of piperazine rings is 1. The number of carbonyl (C=O) groups is 1. The smallest absolute Gasteiger partial charge is 0.255 e. The highest BCUT2D eigenvalue weighted by Gasteiger charge is 2.25. The molecule has 32 heavy (non-hydrogen) atoms. The third-order valence-corrected chi connectivity index (χ3v) is 5.86. The van der Waals surface area contributed by atoms with Crippen molar-refractivity contribution in [3.63, 3.8) is 0 Å². The highest BCUT2D eigenvalue weighted by Crippen LogP contribution is 2.33. The lowest BCUT2D eigenvalue weighted by Crippen LogP contribution is -2.52. The number of nitrogens with zero attached hydrogens (tertiary/aromatic N) is 6. The minimum atomic E-state index is -0.856. The number of benzene rings is 1. The lowest BCUT2D eigenvalue weighted by atomic mass is 10.00. The number of likely N-dealkylation sites (N-methyl/N-ethyl adjacent to an activating group) is 1. The average Bonchev–Trinajstić information content (AvgIpc) is 3.21. The zero-order valence-corrected chi connectivity index (χ0v) is 17.9. The highest BCUT2D eigenvalue weighted by atomic mass is 19.1. The summed E-state index contributed by atoms with van der Waals surface area (Å²) in [6.07, 6.45) is 2.85. The SMILES string of the molecule is C[C@H]1CN(C(=O)c2ccc(-n3cc(O)c(-c4cccc(C#N)c4CF)n3)nc2)CCN1C. The van der Waals surface area contributed by atoms with Crippen molar-refractivity contribution in [3.05, 3.63) is 59.4 Å². The van der Waals surface area contributed by atoms with E-state index >= 15 is 0 Å². The zero-order chi connectivity index (χ0) is 22.8. The molecule has 0 radical (unpaired) electrons. The summed E-state index contributed by atoms with van der Waals surface area (Å²) in [4.78, 5) is 21.2. The van der Waals surface area contributed by atoms with Crippen LogP contribution in [0.3, 0.4) is 0 Å². The quantitative estimate of drug-likeness (QED) is 0.678. The van der Waals surface area contributed by atoms with Crippen molar-refractivity contribution in [2.24, 2.45) is 0 Å². The summed E-state index contributed by atoms with van der Waals surface area (Å²) in [6, 6.07) is 10.3. The fourth-order valence-corrected chi connectivity index (χ4v) is 3.79. The molecule has 2 aromatic heterocycles. The van der Waals surface area contributed by atoms with Gasteiger partial charge in [-0.05, 0) is 32.2 Å². The van der Waals surface area contributed by atoms with E-state index in [1.165, 1.54) is 23.1 Å². The van der Waals surface area contributed by atoms with E-state index in [0.717, 1.165) is 6.54 Å². The number of hydrogen-bond acceptors (Lipinski definition) is 6. The minimum absolute atomic E-state index is 0.0751. The molecule has 8 nitrogen and oxygen atoms in total. The first kappa shape index (κ1) is 21.5. The van der Waals surface area contributed by atoms with Crippen LogP contribution in [0.25, 0.3) is 17.1 Å². The Balaban J connectivity index is 1.59. The van der Waals surface area contributed by atoms with E-state index in [-0.39, 0.29) is 28.5 Å². The average molecular weight is 434 g/mol. The van der Waals surface area contributed by atoms with Crippen molar-refractivity contribution in [2.45, 2.75) is 19.6 Å². The van der Waals surface area contributed by atoms with E-state index in [0.29, 0.717) is 36.1 Å². The van der Waals surface area contributed by atoms with Gasteiger partial charge in [0, 0.05) is 43.0 Å². The van der Waals surface area contributed by atoms with Crippen molar-refractivity contribution in [1.29, 1.82) is 5.26 Å². The van der Waals surface area contributed by atoms with Crippen molar-refractivity contribution in [1.82, 2.24) is 24.6 Å². The van der Waals surface area contributed by atoms with Crippen molar-refractivity contribution in [2.75, 3.05) is 26.7 Å². The number of aromatic nitrogens is 3. The molecule has 9 heteroatoms. The number of pyridine rings is 1. The summed E-state index contributed by atoms with van der Waals surface area (Å²) >= 11 is 0. The molecule has 0 bridgehead atoms. The number of aromatic hydroxyl groups is 1. The maximum atomic E-state index is 13.6. The fraction of sp³-hybridized carbons (Fsp3) is 0.304. The van der Waals surface area contributed by atoms with Gasteiger partial charge in [-0.15, -0.1) is 0 Å². The number of rotatable bonds is 4. The molecule has 1 aromatic carbocycles. The molecule has 3 aromatic rings. The van der Waals surface area contributed by atoms with E-state index in [1.54, 1.807) is 24.3 Å². The van der Waals surface area contributed by atoms with Gasteiger partial charge in [-0.25, -0.2) is 14.1 Å². The molecule has 1 fully saturated rings. The Labute approximate surface area is 185 Å². The number of alkyl halides is 1. The van der Waals surface area contributed by atoms with Crippen LogP contribution in [0.4, 0.5) is 4.39 Å². The zero-order valence-electron chi connectivity index (χ0n) is 17.9. The Morgan fingerprint density at radius 2 is 2.12 bits per heavy atom. The van der Waals surface area contributed by atoms with Crippen LogP contribution in [0.15, 0.2) is 42.7 Å². The maximum absolute atomic E-state index is 13.6. The van der Waals surface area contributed by atoms with E-state index in [1.807, 2.05) is 18.0 Å². The largest absolute Gasteiger partial charge is 0.504 e. The van der Waals surface area contributed by atoms with Crippen LogP contribution < -0.4 is 0 Å². The Morgan fingerprint density at radius 3 is 2.78 bits per heavy atom. The molecular weight excluding hydrogens is 411 g/mol. The summed E-state index contributed by atoms with van der Waals surface area (Å²) < 4.78 is 14.9. The summed E-state index contributed by atoms with van der Waals surface area (Å²) in [6.45, 7) is 3.37. The van der Waals surface area contributed by atoms with Crippen LogP contribution in [-0.2, 0) is 6.67 Å². The van der Waals surface area contributed by atoms with E-state index < -0.39 is 6.67 Å². The first-order valence-electron chi connectivity index (χ1n) is 10.3. The summed E-state index contributed by atoms with van der Waals surface area (Å²) in [7, 11) is 2.05. The van der Waals surface area contributed by atoms with Gasteiger partial charge in [0.25, 0.3) is 5.91 Å². The molecule has 1 aliphatic rings. The van der Waals surface area contributed by atoms with Gasteiger partial charge in [-0.1, -0.05) is 12.1 Å². The van der Waals surface area contributed by atoms with Gasteiger partial charge in [-0.3, -0.25) is 4.79 Å². The number of carbonyl (C=O) groups excluding carboxylic acids is 1. The van der Waals surface area contributed by atoms with Gasteiger partial charge in [0.05, 0.1) is 23.4 Å². The van der Waals surface area contributed by atoms with Crippen LogP contribution >= 0.6 is 0 Å². The maximum Gasteiger partial charge on any atom is 0.255 e. The van der Waals surface area contributed by atoms with E-state index in [2.05, 4.69) is 21.9 Å². The lowest BCUT2D eigenvalue weighted by Gasteiger charge is -2.37. The molecule has 1 aliphatic heterocycles. The Kier molecular flexibility index (Phi) is 5.88. The predicted octanol–water partition coefficient (Wildman–Crippen LogP) is 2.76. The molecule has 1 saturated heterocycles. The Morgan fingerprint density at radius 1 is 1.31 bits per heavy atom.